The highest BCUT2D eigenvalue weighted by molar-refractivity contribution is 7.80. The lowest BCUT2D eigenvalue weighted by molar-refractivity contribution is 0.0527. The molecule has 0 N–H and O–H groups in total. The minimum Gasteiger partial charge on any atom is -0.462 e. The topological polar surface area (TPSA) is 26.3 Å². The third-order valence-corrected chi connectivity index (χ3v) is 3.47. The van der Waals surface area contributed by atoms with Crippen LogP contribution in [0, 0.1) is 5.92 Å². The van der Waals surface area contributed by atoms with E-state index in [1.807, 2.05) is 37.3 Å². The van der Waals surface area contributed by atoms with Crippen LogP contribution in [0.3, 0.4) is 0 Å². The first kappa shape index (κ1) is 14.9. The number of esters is 1. The van der Waals surface area contributed by atoms with E-state index in [1.165, 1.54) is 5.56 Å². The summed E-state index contributed by atoms with van der Waals surface area (Å²) in [5.41, 5.74) is 3.88. The quantitative estimate of drug-likeness (QED) is 0.664. The Hall–Kier alpha value is -1.48. The summed E-state index contributed by atoms with van der Waals surface area (Å²) in [5, 5.41) is 0. The van der Waals surface area contributed by atoms with Crippen molar-refractivity contribution in [1.29, 1.82) is 0 Å². The van der Waals surface area contributed by atoms with Crippen molar-refractivity contribution in [3.63, 3.8) is 0 Å². The fourth-order valence-electron chi connectivity index (χ4n) is 2.42. The van der Waals surface area contributed by atoms with E-state index in [1.54, 1.807) is 0 Å². The van der Waals surface area contributed by atoms with Gasteiger partial charge in [0.15, 0.2) is 0 Å². The number of carbonyl (C=O) groups is 1. The van der Waals surface area contributed by atoms with Crippen LogP contribution < -0.4 is 0 Å². The first-order chi connectivity index (χ1) is 9.52. The van der Waals surface area contributed by atoms with Crippen LogP contribution in [0.2, 0.25) is 0 Å². The molecule has 0 amide bonds. The predicted octanol–water partition coefficient (Wildman–Crippen LogP) is 4.46. The number of thiol groups is 1. The maximum absolute atomic E-state index is 12.1. The van der Waals surface area contributed by atoms with Crippen LogP contribution in [0.15, 0.2) is 35.2 Å². The molecule has 2 aliphatic rings. The molecule has 0 saturated heterocycles. The fraction of sp³-hybridized carbons (Fsp3) is 0.353. The lowest BCUT2D eigenvalue weighted by Crippen LogP contribution is -2.03. The van der Waals surface area contributed by atoms with Crippen LogP contribution in [-0.2, 0) is 11.2 Å². The van der Waals surface area contributed by atoms with Gasteiger partial charge in [0.1, 0.15) is 0 Å². The Morgan fingerprint density at radius 3 is 2.65 bits per heavy atom. The summed E-state index contributed by atoms with van der Waals surface area (Å²) in [6.45, 7) is 6.56. The van der Waals surface area contributed by atoms with Crippen LogP contribution in [0.5, 0.6) is 0 Å². The molecular formula is C17H20O2S. The Kier molecular flexibility index (Phi) is 4.71. The van der Waals surface area contributed by atoms with E-state index in [-0.39, 0.29) is 5.97 Å². The molecule has 2 nitrogen and oxygen atoms in total. The summed E-state index contributed by atoms with van der Waals surface area (Å²) in [6, 6.07) is 9.81. The Morgan fingerprint density at radius 2 is 2.00 bits per heavy atom. The van der Waals surface area contributed by atoms with E-state index in [0.717, 1.165) is 22.4 Å². The number of hydrogen-bond donors (Lipinski definition) is 1. The SMILES string of the molecule is CCOC(=O)c1cc(CC(C)C)c2cc(S)cccc1-2. The van der Waals surface area contributed by atoms with Crippen LogP contribution in [0.4, 0.5) is 0 Å². The zero-order valence-electron chi connectivity index (χ0n) is 12.1. The van der Waals surface area contributed by atoms with Crippen molar-refractivity contribution in [1.82, 2.24) is 0 Å². The van der Waals surface area contributed by atoms with Gasteiger partial charge in [0.25, 0.3) is 0 Å². The molecule has 0 radical (unpaired) electrons. The van der Waals surface area contributed by atoms with Gasteiger partial charge in [0.05, 0.1) is 12.2 Å². The summed E-state index contributed by atoms with van der Waals surface area (Å²) < 4.78 is 5.16. The smallest absolute Gasteiger partial charge is 0.338 e. The van der Waals surface area contributed by atoms with E-state index in [4.69, 9.17) is 4.74 Å². The molecule has 2 aliphatic carbocycles. The van der Waals surface area contributed by atoms with Gasteiger partial charge in [-0.05, 0) is 54.2 Å². The second-order valence-corrected chi connectivity index (χ2v) is 5.84. The zero-order chi connectivity index (χ0) is 14.7. The Morgan fingerprint density at radius 1 is 1.25 bits per heavy atom. The van der Waals surface area contributed by atoms with Crippen molar-refractivity contribution >= 4 is 18.6 Å². The highest BCUT2D eigenvalue weighted by atomic mass is 32.1. The Labute approximate surface area is 125 Å². The van der Waals surface area contributed by atoms with Crippen molar-refractivity contribution in [3.8, 4) is 11.1 Å². The van der Waals surface area contributed by atoms with Crippen molar-refractivity contribution < 1.29 is 9.53 Å². The molecule has 0 heterocycles. The third-order valence-electron chi connectivity index (χ3n) is 3.19. The molecule has 0 saturated carbocycles. The average molecular weight is 288 g/mol. The van der Waals surface area contributed by atoms with E-state index < -0.39 is 0 Å². The summed E-state index contributed by atoms with van der Waals surface area (Å²) >= 11 is 4.43. The largest absolute Gasteiger partial charge is 0.462 e. The van der Waals surface area contributed by atoms with Crippen LogP contribution in [0.25, 0.3) is 11.1 Å². The van der Waals surface area contributed by atoms with Gasteiger partial charge in [-0.2, -0.15) is 0 Å². The normalized spacial score (nSPS) is 11.1. The lowest BCUT2D eigenvalue weighted by Gasteiger charge is -2.05. The molecule has 20 heavy (non-hydrogen) atoms. The van der Waals surface area contributed by atoms with Gasteiger partial charge in [0.2, 0.25) is 0 Å². The standard InChI is InChI=1S/C17H20O2S/c1-4-19-17(18)16-9-12(8-11(2)3)15-10-13(20)6-5-7-14(15)16/h5-7,9-11,20H,4,8H2,1-3H3. The molecule has 0 aromatic rings. The van der Waals surface area contributed by atoms with Crippen molar-refractivity contribution in [3.05, 3.63) is 41.5 Å². The Bertz CT molecular complexity index is 590. The highest BCUT2D eigenvalue weighted by Gasteiger charge is 2.21. The number of ether oxygens (including phenoxy) is 1. The molecule has 106 valence electrons. The first-order valence-electron chi connectivity index (χ1n) is 6.94. The van der Waals surface area contributed by atoms with Crippen molar-refractivity contribution in [2.45, 2.75) is 32.1 Å². The summed E-state index contributed by atoms with van der Waals surface area (Å²) in [6.07, 6.45) is 0.938. The van der Waals surface area contributed by atoms with Gasteiger partial charge in [-0.1, -0.05) is 26.0 Å². The molecule has 0 unspecified atom stereocenters. The van der Waals surface area contributed by atoms with Gasteiger partial charge in [-0.15, -0.1) is 12.6 Å². The molecule has 0 fully saturated rings. The Balaban J connectivity index is 2.56. The third kappa shape index (κ3) is 3.15. The number of hydrogen-bond acceptors (Lipinski definition) is 3. The first-order valence-corrected chi connectivity index (χ1v) is 7.39. The highest BCUT2D eigenvalue weighted by Crippen LogP contribution is 2.35. The number of fused-ring (bicyclic) bond motifs is 1. The second-order valence-electron chi connectivity index (χ2n) is 5.32. The molecule has 0 aliphatic heterocycles. The van der Waals surface area contributed by atoms with Crippen LogP contribution >= 0.6 is 12.6 Å². The number of rotatable bonds is 4. The van der Waals surface area contributed by atoms with E-state index in [0.29, 0.717) is 18.1 Å². The molecule has 0 aromatic carbocycles. The molecule has 0 bridgehead atoms. The van der Waals surface area contributed by atoms with Gasteiger partial charge in [-0.25, -0.2) is 4.79 Å². The molecule has 0 spiro atoms. The van der Waals surface area contributed by atoms with Crippen LogP contribution in [-0.4, -0.2) is 12.6 Å². The molecular weight excluding hydrogens is 268 g/mol. The molecule has 3 heteroatoms. The fourth-order valence-corrected chi connectivity index (χ4v) is 2.64. The summed E-state index contributed by atoms with van der Waals surface area (Å²) in [4.78, 5) is 13.0. The van der Waals surface area contributed by atoms with E-state index >= 15 is 0 Å². The van der Waals surface area contributed by atoms with Crippen LogP contribution in [0.1, 0.15) is 36.7 Å². The van der Waals surface area contributed by atoms with Gasteiger partial charge in [0, 0.05) is 4.90 Å². The van der Waals surface area contributed by atoms with E-state index in [9.17, 15) is 4.79 Å². The number of carbonyl (C=O) groups excluding carboxylic acids is 1. The minimum absolute atomic E-state index is 0.251. The summed E-state index contributed by atoms with van der Waals surface area (Å²) in [7, 11) is 0. The predicted molar refractivity (Wildman–Crippen MR) is 84.8 cm³/mol. The summed E-state index contributed by atoms with van der Waals surface area (Å²) in [5.74, 6) is 0.281. The van der Waals surface area contributed by atoms with Crippen molar-refractivity contribution in [2.75, 3.05) is 6.61 Å². The maximum Gasteiger partial charge on any atom is 0.338 e. The van der Waals surface area contributed by atoms with E-state index in [2.05, 4.69) is 26.5 Å². The second kappa shape index (κ2) is 6.31. The van der Waals surface area contributed by atoms with Crippen molar-refractivity contribution in [2.24, 2.45) is 5.92 Å². The molecule has 0 aromatic heterocycles. The maximum atomic E-state index is 12.1. The monoisotopic (exact) mass is 288 g/mol. The van der Waals surface area contributed by atoms with Gasteiger partial charge in [-0.3, -0.25) is 0 Å². The van der Waals surface area contributed by atoms with Gasteiger partial charge < -0.3 is 4.74 Å². The van der Waals surface area contributed by atoms with Gasteiger partial charge >= 0.3 is 5.97 Å². The minimum atomic E-state index is -0.251. The molecule has 0 atom stereocenters. The lowest BCUT2D eigenvalue weighted by atomic mass is 10.0. The zero-order valence-corrected chi connectivity index (χ0v) is 13.0. The molecule has 2 rings (SSSR count). The average Bonchev–Trinajstić information content (AvgIpc) is 2.56.